The van der Waals surface area contributed by atoms with Crippen LogP contribution in [0.3, 0.4) is 0 Å². The summed E-state index contributed by atoms with van der Waals surface area (Å²) in [4.78, 5) is 13.0. The van der Waals surface area contributed by atoms with Gasteiger partial charge in [0, 0.05) is 12.6 Å². The van der Waals surface area contributed by atoms with Gasteiger partial charge in [-0.2, -0.15) is 0 Å². The highest BCUT2D eigenvalue weighted by Crippen LogP contribution is 2.30. The van der Waals surface area contributed by atoms with Crippen molar-refractivity contribution in [2.45, 2.75) is 32.7 Å². The van der Waals surface area contributed by atoms with E-state index in [1.165, 1.54) is 18.9 Å². The van der Waals surface area contributed by atoms with E-state index in [1.54, 1.807) is 0 Å². The number of carboxylic acid groups (broad SMARTS) is 1. The molecule has 0 atom stereocenters. The van der Waals surface area contributed by atoms with E-state index in [0.29, 0.717) is 12.3 Å². The number of nitrogens with zero attached hydrogens (tertiary/aromatic N) is 2. The van der Waals surface area contributed by atoms with Crippen LogP contribution in [0.5, 0.6) is 0 Å². The molecule has 5 nitrogen and oxygen atoms in total. The van der Waals surface area contributed by atoms with Crippen LogP contribution in [0.2, 0.25) is 0 Å². The molecule has 17 heavy (non-hydrogen) atoms. The summed E-state index contributed by atoms with van der Waals surface area (Å²) < 4.78 is 5.03. The lowest BCUT2D eigenvalue weighted by Gasteiger charge is -2.19. The molecule has 0 radical (unpaired) electrons. The van der Waals surface area contributed by atoms with E-state index < -0.39 is 5.97 Å². The van der Waals surface area contributed by atoms with E-state index in [0.717, 1.165) is 25.4 Å². The Balaban J connectivity index is 1.92. The Morgan fingerprint density at radius 2 is 2.41 bits per heavy atom. The smallest absolute Gasteiger partial charge is 0.358 e. The van der Waals surface area contributed by atoms with Crippen LogP contribution in [0.25, 0.3) is 0 Å². The minimum Gasteiger partial charge on any atom is -0.476 e. The Labute approximate surface area is 100 Å². The molecule has 0 bridgehead atoms. The largest absolute Gasteiger partial charge is 0.476 e. The molecule has 1 aromatic rings. The molecule has 1 aliphatic carbocycles. The zero-order chi connectivity index (χ0) is 12.3. The molecule has 0 aromatic carbocycles. The standard InChI is InChI=1S/C12H18N2O3/c1-2-5-14(7-9-3-4-9)8-10-6-11(12(15)16)13-17-10/h6,9H,2-5,7-8H2,1H3,(H,15,16). The summed E-state index contributed by atoms with van der Waals surface area (Å²) in [5.41, 5.74) is -0.0112. The van der Waals surface area contributed by atoms with E-state index in [9.17, 15) is 4.79 Å². The van der Waals surface area contributed by atoms with E-state index in [4.69, 9.17) is 9.63 Å². The quantitative estimate of drug-likeness (QED) is 0.787. The molecule has 2 rings (SSSR count). The average molecular weight is 238 g/mol. The van der Waals surface area contributed by atoms with Gasteiger partial charge in [0.05, 0.1) is 6.54 Å². The summed E-state index contributed by atoms with van der Waals surface area (Å²) in [6.45, 7) is 4.89. The summed E-state index contributed by atoms with van der Waals surface area (Å²) in [5.74, 6) is 0.421. The second kappa shape index (κ2) is 5.31. The lowest BCUT2D eigenvalue weighted by molar-refractivity contribution is 0.0685. The van der Waals surface area contributed by atoms with Crippen LogP contribution in [-0.4, -0.2) is 34.2 Å². The van der Waals surface area contributed by atoms with E-state index in [-0.39, 0.29) is 5.69 Å². The topological polar surface area (TPSA) is 66.6 Å². The molecule has 1 heterocycles. The van der Waals surface area contributed by atoms with Gasteiger partial charge in [-0.05, 0) is 31.7 Å². The first-order valence-corrected chi connectivity index (χ1v) is 6.10. The lowest BCUT2D eigenvalue weighted by atomic mass is 10.3. The first-order valence-electron chi connectivity index (χ1n) is 6.10. The van der Waals surface area contributed by atoms with Crippen molar-refractivity contribution < 1.29 is 14.4 Å². The van der Waals surface area contributed by atoms with E-state index in [2.05, 4.69) is 17.0 Å². The number of hydrogen-bond acceptors (Lipinski definition) is 4. The van der Waals surface area contributed by atoms with Gasteiger partial charge in [0.1, 0.15) is 0 Å². The van der Waals surface area contributed by atoms with Crippen molar-refractivity contribution >= 4 is 5.97 Å². The van der Waals surface area contributed by atoms with Crippen LogP contribution >= 0.6 is 0 Å². The van der Waals surface area contributed by atoms with Gasteiger partial charge in [-0.1, -0.05) is 12.1 Å². The van der Waals surface area contributed by atoms with Crippen molar-refractivity contribution in [3.05, 3.63) is 17.5 Å². The van der Waals surface area contributed by atoms with Gasteiger partial charge in [0.25, 0.3) is 0 Å². The predicted octanol–water partition coefficient (Wildman–Crippen LogP) is 1.99. The summed E-state index contributed by atoms with van der Waals surface area (Å²) in [5, 5.41) is 12.3. The molecule has 1 N–H and O–H groups in total. The molecule has 1 aliphatic rings. The highest BCUT2D eigenvalue weighted by molar-refractivity contribution is 5.85. The molecule has 0 unspecified atom stereocenters. The number of carboxylic acids is 1. The minimum atomic E-state index is -1.04. The number of rotatable bonds is 7. The minimum absolute atomic E-state index is 0.0112. The van der Waals surface area contributed by atoms with Crippen LogP contribution in [0, 0.1) is 5.92 Å². The Morgan fingerprint density at radius 1 is 1.65 bits per heavy atom. The second-order valence-corrected chi connectivity index (χ2v) is 4.66. The highest BCUT2D eigenvalue weighted by Gasteiger charge is 2.24. The molecular formula is C12H18N2O3. The van der Waals surface area contributed by atoms with E-state index >= 15 is 0 Å². The predicted molar refractivity (Wildman–Crippen MR) is 61.8 cm³/mol. The maximum absolute atomic E-state index is 10.7. The summed E-state index contributed by atoms with van der Waals surface area (Å²) in [6, 6.07) is 1.51. The van der Waals surface area contributed by atoms with Crippen molar-refractivity contribution in [3.63, 3.8) is 0 Å². The molecule has 0 saturated heterocycles. The fourth-order valence-corrected chi connectivity index (χ4v) is 1.93. The molecule has 1 aromatic heterocycles. The van der Waals surface area contributed by atoms with Crippen LogP contribution in [0.1, 0.15) is 42.4 Å². The van der Waals surface area contributed by atoms with Crippen molar-refractivity contribution in [3.8, 4) is 0 Å². The average Bonchev–Trinajstić information content (AvgIpc) is 2.95. The molecule has 0 aliphatic heterocycles. The monoisotopic (exact) mass is 238 g/mol. The third kappa shape index (κ3) is 3.56. The van der Waals surface area contributed by atoms with Gasteiger partial charge in [0.15, 0.2) is 11.5 Å². The highest BCUT2D eigenvalue weighted by atomic mass is 16.5. The molecule has 0 amide bonds. The zero-order valence-corrected chi connectivity index (χ0v) is 10.1. The van der Waals surface area contributed by atoms with Gasteiger partial charge in [-0.3, -0.25) is 4.90 Å². The van der Waals surface area contributed by atoms with Crippen LogP contribution in [-0.2, 0) is 6.54 Å². The zero-order valence-electron chi connectivity index (χ0n) is 10.1. The molecule has 1 fully saturated rings. The van der Waals surface area contributed by atoms with Crippen LogP contribution in [0.4, 0.5) is 0 Å². The maximum Gasteiger partial charge on any atom is 0.358 e. The third-order valence-corrected chi connectivity index (χ3v) is 2.91. The van der Waals surface area contributed by atoms with Gasteiger partial charge in [0.2, 0.25) is 0 Å². The van der Waals surface area contributed by atoms with Crippen LogP contribution in [0.15, 0.2) is 10.6 Å². The molecular weight excluding hydrogens is 220 g/mol. The fourth-order valence-electron chi connectivity index (χ4n) is 1.93. The Bertz CT molecular complexity index is 385. The third-order valence-electron chi connectivity index (χ3n) is 2.91. The second-order valence-electron chi connectivity index (χ2n) is 4.66. The van der Waals surface area contributed by atoms with Gasteiger partial charge in [-0.15, -0.1) is 0 Å². The number of aromatic carboxylic acids is 1. The van der Waals surface area contributed by atoms with Crippen LogP contribution < -0.4 is 0 Å². The van der Waals surface area contributed by atoms with Crippen molar-refractivity contribution in [1.29, 1.82) is 0 Å². The SMILES string of the molecule is CCCN(Cc1cc(C(=O)O)no1)CC1CC1. The summed E-state index contributed by atoms with van der Waals surface area (Å²) in [7, 11) is 0. The number of hydrogen-bond donors (Lipinski definition) is 1. The molecule has 0 spiro atoms. The normalized spacial score (nSPS) is 15.4. The fraction of sp³-hybridized carbons (Fsp3) is 0.667. The lowest BCUT2D eigenvalue weighted by Crippen LogP contribution is -2.26. The Hall–Kier alpha value is -1.36. The molecule has 1 saturated carbocycles. The first kappa shape index (κ1) is 12.1. The Morgan fingerprint density at radius 3 is 2.94 bits per heavy atom. The number of aromatic nitrogens is 1. The molecule has 94 valence electrons. The van der Waals surface area contributed by atoms with Crippen molar-refractivity contribution in [2.24, 2.45) is 5.92 Å². The summed E-state index contributed by atoms with van der Waals surface area (Å²) in [6.07, 6.45) is 3.72. The van der Waals surface area contributed by atoms with Gasteiger partial charge in [-0.25, -0.2) is 4.79 Å². The first-order chi connectivity index (χ1) is 8.19. The van der Waals surface area contributed by atoms with E-state index in [1.807, 2.05) is 0 Å². The molecule has 5 heteroatoms. The van der Waals surface area contributed by atoms with Gasteiger partial charge >= 0.3 is 5.97 Å². The number of carbonyl (C=O) groups is 1. The summed E-state index contributed by atoms with van der Waals surface area (Å²) >= 11 is 0. The van der Waals surface area contributed by atoms with Crippen molar-refractivity contribution in [1.82, 2.24) is 10.1 Å². The van der Waals surface area contributed by atoms with Crippen molar-refractivity contribution in [2.75, 3.05) is 13.1 Å². The Kier molecular flexibility index (Phi) is 3.78. The van der Waals surface area contributed by atoms with Gasteiger partial charge < -0.3 is 9.63 Å². The maximum atomic E-state index is 10.7.